The van der Waals surface area contributed by atoms with E-state index < -0.39 is 11.7 Å². The highest BCUT2D eigenvalue weighted by molar-refractivity contribution is 5.77. The highest BCUT2D eigenvalue weighted by Crippen LogP contribution is 2.31. The van der Waals surface area contributed by atoms with Gasteiger partial charge in [0.15, 0.2) is 0 Å². The van der Waals surface area contributed by atoms with Crippen LogP contribution in [0.1, 0.15) is 25.8 Å². The second-order valence-corrected chi connectivity index (χ2v) is 5.52. The third kappa shape index (κ3) is 4.09. The van der Waals surface area contributed by atoms with Gasteiger partial charge in [-0.15, -0.1) is 0 Å². The number of ether oxygens (including phenoxy) is 1. The van der Waals surface area contributed by atoms with Crippen molar-refractivity contribution in [2.45, 2.75) is 32.5 Å². The Morgan fingerprint density at radius 1 is 1.48 bits per heavy atom. The Balaban J connectivity index is 1.87. The molecule has 21 heavy (non-hydrogen) atoms. The van der Waals surface area contributed by atoms with Crippen molar-refractivity contribution < 1.29 is 22.7 Å². The van der Waals surface area contributed by atoms with E-state index in [1.165, 1.54) is 0 Å². The molecule has 0 aliphatic carbocycles. The maximum Gasteiger partial charge on any atom is 0.416 e. The largest absolute Gasteiger partial charge is 0.471 e. The van der Waals surface area contributed by atoms with Crippen molar-refractivity contribution in [1.29, 1.82) is 0 Å². The minimum absolute atomic E-state index is 0.0434. The van der Waals surface area contributed by atoms with Crippen LogP contribution in [0.3, 0.4) is 0 Å². The number of likely N-dealkylation sites (tertiary alicyclic amines) is 1. The van der Waals surface area contributed by atoms with Crippen molar-refractivity contribution in [2.24, 2.45) is 5.92 Å². The zero-order chi connectivity index (χ0) is 15.6. The summed E-state index contributed by atoms with van der Waals surface area (Å²) < 4.78 is 43.0. The second kappa shape index (κ2) is 5.91. The summed E-state index contributed by atoms with van der Waals surface area (Å²) in [5.74, 6) is 0.259. The normalized spacial score (nSPS) is 16.0. The Kier molecular flexibility index (Phi) is 4.39. The van der Waals surface area contributed by atoms with Gasteiger partial charge in [-0.05, 0) is 12.0 Å². The first-order valence-corrected chi connectivity index (χ1v) is 6.73. The molecule has 0 unspecified atom stereocenters. The Morgan fingerprint density at radius 3 is 2.71 bits per heavy atom. The lowest BCUT2D eigenvalue weighted by molar-refractivity contribution is -0.140. The zero-order valence-electron chi connectivity index (χ0n) is 11.9. The number of nitrogens with zero attached hydrogens (tertiary/aromatic N) is 2. The molecule has 1 aliphatic heterocycles. The van der Waals surface area contributed by atoms with Crippen LogP contribution < -0.4 is 4.74 Å². The highest BCUT2D eigenvalue weighted by Gasteiger charge is 2.34. The van der Waals surface area contributed by atoms with Gasteiger partial charge in [0, 0.05) is 18.7 Å². The summed E-state index contributed by atoms with van der Waals surface area (Å²) >= 11 is 0. The quantitative estimate of drug-likeness (QED) is 0.859. The van der Waals surface area contributed by atoms with E-state index in [2.05, 4.69) is 4.98 Å². The van der Waals surface area contributed by atoms with Crippen molar-refractivity contribution in [3.63, 3.8) is 0 Å². The molecule has 0 saturated carbocycles. The highest BCUT2D eigenvalue weighted by atomic mass is 19.4. The first-order chi connectivity index (χ1) is 9.75. The SMILES string of the molecule is CC(C)CC(=O)N1CC(Oc2cc(C(F)(F)F)ccn2)C1. The molecule has 0 spiro atoms. The van der Waals surface area contributed by atoms with E-state index in [-0.39, 0.29) is 23.8 Å². The number of amides is 1. The fourth-order valence-electron chi connectivity index (χ4n) is 2.02. The van der Waals surface area contributed by atoms with Crippen LogP contribution in [0.2, 0.25) is 0 Å². The fraction of sp³-hybridized carbons (Fsp3) is 0.571. The summed E-state index contributed by atoms with van der Waals surface area (Å²) in [5, 5.41) is 0. The number of halogens is 3. The predicted octanol–water partition coefficient (Wildman–Crippen LogP) is 2.74. The molecule has 7 heteroatoms. The molecule has 0 aromatic carbocycles. The van der Waals surface area contributed by atoms with Gasteiger partial charge in [0.25, 0.3) is 0 Å². The van der Waals surface area contributed by atoms with Crippen molar-refractivity contribution in [3.05, 3.63) is 23.9 Å². The minimum atomic E-state index is -4.42. The van der Waals surface area contributed by atoms with Crippen molar-refractivity contribution in [2.75, 3.05) is 13.1 Å². The Bertz CT molecular complexity index is 511. The van der Waals surface area contributed by atoms with Gasteiger partial charge >= 0.3 is 6.18 Å². The van der Waals surface area contributed by atoms with E-state index in [9.17, 15) is 18.0 Å². The Hall–Kier alpha value is -1.79. The van der Waals surface area contributed by atoms with E-state index in [1.54, 1.807) is 4.90 Å². The average molecular weight is 302 g/mol. The van der Waals surface area contributed by atoms with Gasteiger partial charge in [0.1, 0.15) is 6.10 Å². The number of alkyl halides is 3. The Morgan fingerprint density at radius 2 is 2.14 bits per heavy atom. The standard InChI is InChI=1S/C14H17F3N2O2/c1-9(2)5-13(20)19-7-11(8-19)21-12-6-10(3-4-18-12)14(15,16)17/h3-4,6,9,11H,5,7-8H2,1-2H3. The molecular weight excluding hydrogens is 285 g/mol. The van der Waals surface area contributed by atoms with Gasteiger partial charge in [0.2, 0.25) is 11.8 Å². The van der Waals surface area contributed by atoms with E-state index in [0.717, 1.165) is 18.3 Å². The lowest BCUT2D eigenvalue weighted by Gasteiger charge is -2.39. The first kappa shape index (κ1) is 15.6. The van der Waals surface area contributed by atoms with Crippen molar-refractivity contribution >= 4 is 5.91 Å². The molecule has 0 N–H and O–H groups in total. The van der Waals surface area contributed by atoms with Gasteiger partial charge in [-0.3, -0.25) is 4.79 Å². The van der Waals surface area contributed by atoms with E-state index in [1.807, 2.05) is 13.8 Å². The van der Waals surface area contributed by atoms with Crippen LogP contribution in [0.4, 0.5) is 13.2 Å². The fourth-order valence-corrected chi connectivity index (χ4v) is 2.02. The summed E-state index contributed by atoms with van der Waals surface area (Å²) in [5.41, 5.74) is -0.792. The van der Waals surface area contributed by atoms with Crippen molar-refractivity contribution in [3.8, 4) is 5.88 Å². The average Bonchev–Trinajstić information content (AvgIpc) is 2.31. The van der Waals surface area contributed by atoms with Gasteiger partial charge in [0.05, 0.1) is 18.7 Å². The lowest BCUT2D eigenvalue weighted by Crippen LogP contribution is -2.56. The summed E-state index contributed by atoms with van der Waals surface area (Å²) in [4.78, 5) is 17.1. The maximum atomic E-state index is 12.6. The molecule has 1 fully saturated rings. The van der Waals surface area contributed by atoms with Crippen LogP contribution in [0, 0.1) is 5.92 Å². The van der Waals surface area contributed by atoms with Crippen LogP contribution >= 0.6 is 0 Å². The lowest BCUT2D eigenvalue weighted by atomic mass is 10.1. The Labute approximate surface area is 120 Å². The maximum absolute atomic E-state index is 12.6. The van der Waals surface area contributed by atoms with E-state index >= 15 is 0 Å². The van der Waals surface area contributed by atoms with Crippen LogP contribution in [-0.2, 0) is 11.0 Å². The van der Waals surface area contributed by atoms with Gasteiger partial charge < -0.3 is 9.64 Å². The second-order valence-electron chi connectivity index (χ2n) is 5.52. The van der Waals surface area contributed by atoms with E-state index in [4.69, 9.17) is 4.74 Å². The summed E-state index contributed by atoms with van der Waals surface area (Å²) in [6.07, 6.45) is -3.18. The van der Waals surface area contributed by atoms with Gasteiger partial charge in [-0.1, -0.05) is 13.8 Å². The zero-order valence-corrected chi connectivity index (χ0v) is 11.9. The van der Waals surface area contributed by atoms with Gasteiger partial charge in [-0.2, -0.15) is 13.2 Å². The van der Waals surface area contributed by atoms with Crippen LogP contribution in [0.25, 0.3) is 0 Å². The molecule has 4 nitrogen and oxygen atoms in total. The summed E-state index contributed by atoms with van der Waals surface area (Å²) in [6, 6.07) is 1.77. The molecular formula is C14H17F3N2O2. The number of pyridine rings is 1. The van der Waals surface area contributed by atoms with Crippen LogP contribution in [0.5, 0.6) is 5.88 Å². The number of aromatic nitrogens is 1. The molecule has 1 aromatic heterocycles. The molecule has 0 atom stereocenters. The summed E-state index contributed by atoms with van der Waals surface area (Å²) in [7, 11) is 0. The predicted molar refractivity (Wildman–Crippen MR) is 69.7 cm³/mol. The molecule has 2 heterocycles. The molecule has 116 valence electrons. The smallest absolute Gasteiger partial charge is 0.416 e. The summed E-state index contributed by atoms with van der Waals surface area (Å²) in [6.45, 7) is 4.70. The molecule has 0 radical (unpaired) electrons. The molecule has 1 amide bonds. The third-order valence-electron chi connectivity index (χ3n) is 3.13. The molecule has 2 rings (SSSR count). The molecule has 0 bridgehead atoms. The van der Waals surface area contributed by atoms with Crippen LogP contribution in [-0.4, -0.2) is 35.0 Å². The van der Waals surface area contributed by atoms with Gasteiger partial charge in [-0.25, -0.2) is 4.98 Å². The molecule has 1 aliphatic rings. The minimum Gasteiger partial charge on any atom is -0.471 e. The number of carbonyl (C=O) groups excluding carboxylic acids is 1. The number of carbonyl (C=O) groups is 1. The topological polar surface area (TPSA) is 42.4 Å². The van der Waals surface area contributed by atoms with Crippen LogP contribution in [0.15, 0.2) is 18.3 Å². The number of hydrogen-bond donors (Lipinski definition) is 0. The monoisotopic (exact) mass is 302 g/mol. The number of hydrogen-bond acceptors (Lipinski definition) is 3. The van der Waals surface area contributed by atoms with Crippen molar-refractivity contribution in [1.82, 2.24) is 9.88 Å². The molecule has 1 saturated heterocycles. The number of rotatable bonds is 4. The molecule has 1 aromatic rings. The first-order valence-electron chi connectivity index (χ1n) is 6.73. The van der Waals surface area contributed by atoms with E-state index in [0.29, 0.717) is 19.5 Å². The third-order valence-corrected chi connectivity index (χ3v) is 3.13.